The molecule has 41 heavy (non-hydrogen) atoms. The number of aromatic nitrogens is 2. The monoisotopic (exact) mass is 577 g/mol. The lowest BCUT2D eigenvalue weighted by Gasteiger charge is -2.26. The second kappa shape index (κ2) is 12.7. The number of amides is 2. The molecule has 3 heterocycles. The van der Waals surface area contributed by atoms with Gasteiger partial charge < -0.3 is 25.0 Å². The third kappa shape index (κ3) is 6.66. The lowest BCUT2D eigenvalue weighted by atomic mass is 9.98. The van der Waals surface area contributed by atoms with Crippen molar-refractivity contribution in [1.29, 1.82) is 0 Å². The predicted octanol–water partition coefficient (Wildman–Crippen LogP) is 4.06. The van der Waals surface area contributed by atoms with E-state index in [1.54, 1.807) is 30.1 Å². The molecule has 2 aliphatic rings. The number of fused-ring (bicyclic) bond motifs is 1. The van der Waals surface area contributed by atoms with Crippen LogP contribution in [0.3, 0.4) is 0 Å². The van der Waals surface area contributed by atoms with E-state index in [0.717, 1.165) is 18.4 Å². The van der Waals surface area contributed by atoms with Crippen LogP contribution in [-0.2, 0) is 20.7 Å². The summed E-state index contributed by atoms with van der Waals surface area (Å²) < 4.78 is 5.41. The van der Waals surface area contributed by atoms with Crippen LogP contribution in [0.25, 0.3) is 11.3 Å². The number of carbonyl (C=O) groups excluding carboxylic acids is 2. The lowest BCUT2D eigenvalue weighted by Crippen LogP contribution is -2.41. The van der Waals surface area contributed by atoms with Crippen LogP contribution >= 0.6 is 11.6 Å². The van der Waals surface area contributed by atoms with E-state index in [4.69, 9.17) is 16.3 Å². The minimum absolute atomic E-state index is 0.188. The molecule has 1 fully saturated rings. The number of likely N-dealkylation sites (N-methyl/N-ethyl adjacent to an activating group) is 1. The average Bonchev–Trinajstić information content (AvgIpc) is 3.23. The number of nitrogens with one attached hydrogen (secondary N) is 1. The van der Waals surface area contributed by atoms with E-state index in [1.165, 1.54) is 11.1 Å². The summed E-state index contributed by atoms with van der Waals surface area (Å²) in [5, 5.41) is 13.3. The van der Waals surface area contributed by atoms with Gasteiger partial charge in [0.05, 0.1) is 29.4 Å². The van der Waals surface area contributed by atoms with Crippen molar-refractivity contribution in [3.8, 4) is 11.3 Å². The van der Waals surface area contributed by atoms with Crippen molar-refractivity contribution in [2.75, 3.05) is 38.7 Å². The highest BCUT2D eigenvalue weighted by molar-refractivity contribution is 6.33. The Kier molecular flexibility index (Phi) is 8.80. The van der Waals surface area contributed by atoms with Gasteiger partial charge in [-0.05, 0) is 36.5 Å². The van der Waals surface area contributed by atoms with Crippen molar-refractivity contribution in [1.82, 2.24) is 19.8 Å². The zero-order valence-electron chi connectivity index (χ0n) is 22.8. The topological polar surface area (TPSA) is 125 Å². The molecule has 11 heteroatoms. The molecule has 0 saturated carbocycles. The number of anilines is 1. The van der Waals surface area contributed by atoms with Crippen molar-refractivity contribution in [2.24, 2.45) is 0 Å². The van der Waals surface area contributed by atoms with Crippen LogP contribution in [-0.4, -0.2) is 82.1 Å². The first-order valence-corrected chi connectivity index (χ1v) is 14.0. The number of benzene rings is 2. The van der Waals surface area contributed by atoms with Gasteiger partial charge in [-0.25, -0.2) is 9.97 Å². The Morgan fingerprint density at radius 1 is 1.17 bits per heavy atom. The van der Waals surface area contributed by atoms with Crippen molar-refractivity contribution in [2.45, 2.75) is 37.8 Å². The molecule has 2 amide bonds. The number of hydrogen-bond acceptors (Lipinski definition) is 7. The van der Waals surface area contributed by atoms with Gasteiger partial charge in [-0.1, -0.05) is 54.1 Å². The van der Waals surface area contributed by atoms with Crippen LogP contribution in [0.5, 0.6) is 0 Å². The maximum absolute atomic E-state index is 13.6. The Balaban J connectivity index is 1.35. The quantitative estimate of drug-likeness (QED) is 0.370. The second-order valence-electron chi connectivity index (χ2n) is 10.3. The van der Waals surface area contributed by atoms with Gasteiger partial charge in [0.25, 0.3) is 5.91 Å². The predicted molar refractivity (Wildman–Crippen MR) is 154 cm³/mol. The molecule has 3 aromatic rings. The molecule has 0 radical (unpaired) electrons. The van der Waals surface area contributed by atoms with Crippen LogP contribution in [0.4, 0.5) is 5.95 Å². The zero-order chi connectivity index (χ0) is 28.9. The summed E-state index contributed by atoms with van der Waals surface area (Å²) in [5.74, 6) is -1.29. The van der Waals surface area contributed by atoms with E-state index >= 15 is 0 Å². The summed E-state index contributed by atoms with van der Waals surface area (Å²) in [4.78, 5) is 50.3. The number of aliphatic carboxylic acids is 1. The molecule has 2 N–H and O–H groups in total. The number of rotatable bonds is 10. The van der Waals surface area contributed by atoms with Crippen LogP contribution in [0.2, 0.25) is 5.02 Å². The zero-order valence-corrected chi connectivity index (χ0v) is 23.5. The van der Waals surface area contributed by atoms with Crippen molar-refractivity contribution < 1.29 is 24.2 Å². The molecule has 2 aromatic carbocycles. The summed E-state index contributed by atoms with van der Waals surface area (Å²) in [6, 6.07) is 14.4. The van der Waals surface area contributed by atoms with E-state index in [0.29, 0.717) is 59.5 Å². The van der Waals surface area contributed by atoms with Gasteiger partial charge in [0.1, 0.15) is 6.54 Å². The highest BCUT2D eigenvalue weighted by Gasteiger charge is 2.39. The average molecular weight is 578 g/mol. The molecule has 214 valence electrons. The number of nitrogens with zero attached hydrogens (tertiary/aromatic N) is 4. The maximum atomic E-state index is 13.6. The molecule has 0 bridgehead atoms. The Hall–Kier alpha value is -4.02. The molecule has 2 aliphatic heterocycles. The Morgan fingerprint density at radius 3 is 2.66 bits per heavy atom. The molecular weight excluding hydrogens is 546 g/mol. The number of hydrogen-bond donors (Lipinski definition) is 2. The normalized spacial score (nSPS) is 16.9. The van der Waals surface area contributed by atoms with Crippen molar-refractivity contribution in [3.63, 3.8) is 0 Å². The smallest absolute Gasteiger partial charge is 0.305 e. The fourth-order valence-electron chi connectivity index (χ4n) is 5.21. The van der Waals surface area contributed by atoms with Crippen LogP contribution in [0.1, 0.15) is 46.8 Å². The number of halogens is 1. The SMILES string of the molecule is CN(CCc1ccccc1)C(=O)CN1C(=O)c2cc(-c3nc(NC4CCOCC4)ncc3Cl)ccc2C1CC(=O)O. The van der Waals surface area contributed by atoms with Gasteiger partial charge in [-0.2, -0.15) is 0 Å². The summed E-state index contributed by atoms with van der Waals surface area (Å²) in [7, 11) is 1.69. The maximum Gasteiger partial charge on any atom is 0.305 e. The lowest BCUT2D eigenvalue weighted by molar-refractivity contribution is -0.139. The molecular formula is C30H32ClN5O5. The minimum Gasteiger partial charge on any atom is -0.481 e. The van der Waals surface area contributed by atoms with Gasteiger partial charge in [-0.3, -0.25) is 14.4 Å². The van der Waals surface area contributed by atoms with Gasteiger partial charge >= 0.3 is 5.97 Å². The second-order valence-corrected chi connectivity index (χ2v) is 10.7. The Bertz CT molecular complexity index is 1430. The number of carboxylic acid groups (broad SMARTS) is 1. The van der Waals surface area contributed by atoms with E-state index < -0.39 is 17.9 Å². The highest BCUT2D eigenvalue weighted by atomic mass is 35.5. The molecule has 5 rings (SSSR count). The molecule has 0 spiro atoms. The third-order valence-corrected chi connectivity index (χ3v) is 7.81. The number of carboxylic acids is 1. The van der Waals surface area contributed by atoms with Gasteiger partial charge in [-0.15, -0.1) is 0 Å². The summed E-state index contributed by atoms with van der Waals surface area (Å²) >= 11 is 6.47. The fourth-order valence-corrected chi connectivity index (χ4v) is 5.41. The first-order chi connectivity index (χ1) is 19.8. The first-order valence-electron chi connectivity index (χ1n) is 13.6. The molecule has 1 atom stereocenters. The summed E-state index contributed by atoms with van der Waals surface area (Å²) in [6.45, 7) is 1.59. The fraction of sp³-hybridized carbons (Fsp3) is 0.367. The number of carbonyl (C=O) groups is 3. The minimum atomic E-state index is -1.06. The molecule has 1 aromatic heterocycles. The molecule has 10 nitrogen and oxygen atoms in total. The van der Waals surface area contributed by atoms with E-state index in [2.05, 4.69) is 15.3 Å². The van der Waals surface area contributed by atoms with E-state index in [-0.39, 0.29) is 24.9 Å². The Labute approximate surface area is 243 Å². The van der Waals surface area contributed by atoms with Crippen LogP contribution < -0.4 is 5.32 Å². The van der Waals surface area contributed by atoms with Gasteiger partial charge in [0, 0.05) is 44.0 Å². The summed E-state index contributed by atoms with van der Waals surface area (Å²) in [6.07, 6.45) is 3.56. The van der Waals surface area contributed by atoms with E-state index in [9.17, 15) is 19.5 Å². The van der Waals surface area contributed by atoms with Crippen LogP contribution in [0, 0.1) is 0 Å². The van der Waals surface area contributed by atoms with Crippen LogP contribution in [0.15, 0.2) is 54.7 Å². The summed E-state index contributed by atoms with van der Waals surface area (Å²) in [5.41, 5.74) is 3.05. The van der Waals surface area contributed by atoms with Crippen molar-refractivity contribution in [3.05, 3.63) is 76.4 Å². The van der Waals surface area contributed by atoms with Crippen molar-refractivity contribution >= 4 is 35.3 Å². The van der Waals surface area contributed by atoms with E-state index in [1.807, 2.05) is 30.3 Å². The molecule has 1 unspecified atom stereocenters. The standard InChI is InChI=1S/C30H32ClN5O5/c1-35(12-9-19-5-3-2-4-6-19)26(37)18-36-25(16-27(38)39)22-8-7-20(15-23(22)29(36)40)28-24(31)17-32-30(34-28)33-21-10-13-41-14-11-21/h2-8,15,17,21,25H,9-14,16,18H2,1H3,(H,38,39)(H,32,33,34). The third-order valence-electron chi connectivity index (χ3n) is 7.53. The number of ether oxygens (including phenoxy) is 1. The largest absolute Gasteiger partial charge is 0.481 e. The highest BCUT2D eigenvalue weighted by Crippen LogP contribution is 2.39. The molecule has 0 aliphatic carbocycles. The first kappa shape index (κ1) is 28.5. The van der Waals surface area contributed by atoms with Gasteiger partial charge in [0.15, 0.2) is 0 Å². The Morgan fingerprint density at radius 2 is 1.93 bits per heavy atom. The van der Waals surface area contributed by atoms with Gasteiger partial charge in [0.2, 0.25) is 11.9 Å². The molecule has 1 saturated heterocycles.